The maximum Gasteiger partial charge on any atom is 0.313 e. The summed E-state index contributed by atoms with van der Waals surface area (Å²) >= 11 is 5.83. The molecule has 0 heterocycles. The fraction of sp³-hybridized carbons (Fsp3) is 0.385. The molecule has 0 saturated carbocycles. The second-order valence-corrected chi connectivity index (χ2v) is 4.50. The molecule has 2 amide bonds. The van der Waals surface area contributed by atoms with Crippen molar-refractivity contribution in [3.05, 3.63) is 23.2 Å². The largest absolute Gasteiger partial charge is 0.495 e. The van der Waals surface area contributed by atoms with Crippen LogP contribution in [0.5, 0.6) is 5.75 Å². The number of ether oxygens (including phenoxy) is 1. The van der Waals surface area contributed by atoms with Crippen LogP contribution in [0.1, 0.15) is 13.3 Å². The Balaban J connectivity index is 2.75. The molecule has 1 unspecified atom stereocenters. The van der Waals surface area contributed by atoms with Gasteiger partial charge in [-0.3, -0.25) is 9.59 Å². The fourth-order valence-corrected chi connectivity index (χ4v) is 1.66. The van der Waals surface area contributed by atoms with Crippen LogP contribution < -0.4 is 15.4 Å². The Morgan fingerprint density at radius 2 is 2.10 bits per heavy atom. The van der Waals surface area contributed by atoms with E-state index >= 15 is 0 Å². The molecule has 6 nitrogen and oxygen atoms in total. The zero-order valence-corrected chi connectivity index (χ0v) is 12.0. The first-order chi connectivity index (χ1) is 9.51. The van der Waals surface area contributed by atoms with Crippen molar-refractivity contribution in [1.29, 1.82) is 0 Å². The minimum atomic E-state index is -0.850. The Kier molecular flexibility index (Phi) is 6.27. The Morgan fingerprint density at radius 3 is 2.65 bits per heavy atom. The van der Waals surface area contributed by atoms with Gasteiger partial charge < -0.3 is 20.5 Å². The smallest absolute Gasteiger partial charge is 0.313 e. The van der Waals surface area contributed by atoms with Crippen molar-refractivity contribution in [2.45, 2.75) is 19.4 Å². The summed E-state index contributed by atoms with van der Waals surface area (Å²) in [5, 5.41) is 14.2. The number of carbonyl (C=O) groups is 2. The van der Waals surface area contributed by atoms with Crippen LogP contribution in [0.3, 0.4) is 0 Å². The number of halogens is 1. The van der Waals surface area contributed by atoms with E-state index in [1.165, 1.54) is 13.2 Å². The standard InChI is InChI=1S/C13H17ClN2O4/c1-3-9(7-17)15-12(18)13(19)16-10-6-8(14)4-5-11(10)20-2/h4-6,9,17H,3,7H2,1-2H3,(H,15,18)(H,16,19). The van der Waals surface area contributed by atoms with Crippen molar-refractivity contribution in [1.82, 2.24) is 5.32 Å². The zero-order chi connectivity index (χ0) is 15.1. The van der Waals surface area contributed by atoms with Gasteiger partial charge in [0.15, 0.2) is 0 Å². The van der Waals surface area contributed by atoms with E-state index in [1.807, 2.05) is 0 Å². The van der Waals surface area contributed by atoms with Gasteiger partial charge in [-0.25, -0.2) is 0 Å². The number of benzene rings is 1. The van der Waals surface area contributed by atoms with E-state index in [2.05, 4.69) is 10.6 Å². The van der Waals surface area contributed by atoms with Crippen LogP contribution in [-0.2, 0) is 9.59 Å². The van der Waals surface area contributed by atoms with Gasteiger partial charge in [0.25, 0.3) is 0 Å². The van der Waals surface area contributed by atoms with Gasteiger partial charge >= 0.3 is 11.8 Å². The Labute approximate surface area is 122 Å². The van der Waals surface area contributed by atoms with Crippen molar-refractivity contribution in [3.8, 4) is 5.75 Å². The topological polar surface area (TPSA) is 87.7 Å². The Morgan fingerprint density at radius 1 is 1.40 bits per heavy atom. The number of nitrogens with one attached hydrogen (secondary N) is 2. The number of hydrogen-bond acceptors (Lipinski definition) is 4. The van der Waals surface area contributed by atoms with Crippen molar-refractivity contribution >= 4 is 29.1 Å². The third-order valence-electron chi connectivity index (χ3n) is 2.66. The summed E-state index contributed by atoms with van der Waals surface area (Å²) in [6, 6.07) is 4.22. The summed E-state index contributed by atoms with van der Waals surface area (Å²) in [5.41, 5.74) is 0.303. The quantitative estimate of drug-likeness (QED) is 0.712. The predicted molar refractivity (Wildman–Crippen MR) is 75.9 cm³/mol. The summed E-state index contributed by atoms with van der Waals surface area (Å²) in [7, 11) is 1.44. The van der Waals surface area contributed by atoms with Crippen LogP contribution in [-0.4, -0.2) is 36.7 Å². The van der Waals surface area contributed by atoms with Crippen molar-refractivity contribution < 1.29 is 19.4 Å². The molecular formula is C13H17ClN2O4. The van der Waals surface area contributed by atoms with E-state index in [-0.39, 0.29) is 6.61 Å². The van der Waals surface area contributed by atoms with E-state index < -0.39 is 17.9 Å². The minimum Gasteiger partial charge on any atom is -0.495 e. The molecule has 0 aliphatic heterocycles. The lowest BCUT2D eigenvalue weighted by Crippen LogP contribution is -2.43. The molecule has 0 spiro atoms. The molecule has 0 bridgehead atoms. The van der Waals surface area contributed by atoms with Crippen molar-refractivity contribution in [2.24, 2.45) is 0 Å². The van der Waals surface area contributed by atoms with Crippen molar-refractivity contribution in [2.75, 3.05) is 19.0 Å². The second-order valence-electron chi connectivity index (χ2n) is 4.06. The molecule has 1 aromatic carbocycles. The first-order valence-corrected chi connectivity index (χ1v) is 6.45. The highest BCUT2D eigenvalue weighted by Crippen LogP contribution is 2.27. The van der Waals surface area contributed by atoms with Gasteiger partial charge in [-0.15, -0.1) is 0 Å². The molecule has 0 fully saturated rings. The molecule has 1 atom stereocenters. The van der Waals surface area contributed by atoms with Crippen LogP contribution >= 0.6 is 11.6 Å². The summed E-state index contributed by atoms with van der Waals surface area (Å²) in [6.07, 6.45) is 0.524. The number of hydrogen-bond donors (Lipinski definition) is 3. The monoisotopic (exact) mass is 300 g/mol. The maximum absolute atomic E-state index is 11.8. The Bertz CT molecular complexity index is 489. The number of amides is 2. The van der Waals surface area contributed by atoms with E-state index in [4.69, 9.17) is 21.4 Å². The fourth-order valence-electron chi connectivity index (χ4n) is 1.48. The van der Waals surface area contributed by atoms with Crippen LogP contribution in [0, 0.1) is 0 Å². The maximum atomic E-state index is 11.8. The molecule has 20 heavy (non-hydrogen) atoms. The third kappa shape index (κ3) is 4.40. The number of aliphatic hydroxyl groups excluding tert-OH is 1. The highest BCUT2D eigenvalue weighted by Gasteiger charge is 2.18. The third-order valence-corrected chi connectivity index (χ3v) is 2.90. The predicted octanol–water partition coefficient (Wildman–Crippen LogP) is 1.17. The normalized spacial score (nSPS) is 11.6. The average Bonchev–Trinajstić information content (AvgIpc) is 2.44. The average molecular weight is 301 g/mol. The first-order valence-electron chi connectivity index (χ1n) is 6.08. The number of carbonyl (C=O) groups excluding carboxylic acids is 2. The van der Waals surface area contributed by atoms with Gasteiger partial charge in [0.2, 0.25) is 0 Å². The first kappa shape index (κ1) is 16.3. The molecule has 0 aliphatic carbocycles. The summed E-state index contributed by atoms with van der Waals surface area (Å²) in [6.45, 7) is 1.56. The SMILES string of the molecule is CCC(CO)NC(=O)C(=O)Nc1cc(Cl)ccc1OC. The number of methoxy groups -OCH3 is 1. The number of rotatable bonds is 5. The summed E-state index contributed by atoms with van der Waals surface area (Å²) in [4.78, 5) is 23.4. The van der Waals surface area contributed by atoms with Gasteiger partial charge in [0.1, 0.15) is 5.75 Å². The van der Waals surface area contributed by atoms with E-state index in [9.17, 15) is 9.59 Å². The summed E-state index contributed by atoms with van der Waals surface area (Å²) < 4.78 is 5.06. The lowest BCUT2D eigenvalue weighted by molar-refractivity contribution is -0.136. The van der Waals surface area contributed by atoms with Crippen LogP contribution in [0.2, 0.25) is 5.02 Å². The molecule has 1 aromatic rings. The molecule has 0 aromatic heterocycles. The van der Waals surface area contributed by atoms with Gasteiger partial charge in [-0.1, -0.05) is 18.5 Å². The van der Waals surface area contributed by atoms with E-state index in [0.29, 0.717) is 22.9 Å². The number of aliphatic hydroxyl groups is 1. The molecule has 0 aliphatic rings. The van der Waals surface area contributed by atoms with Gasteiger partial charge in [0.05, 0.1) is 25.4 Å². The lowest BCUT2D eigenvalue weighted by atomic mass is 10.2. The van der Waals surface area contributed by atoms with Crippen molar-refractivity contribution in [3.63, 3.8) is 0 Å². The molecule has 7 heteroatoms. The van der Waals surface area contributed by atoms with Gasteiger partial charge in [-0.05, 0) is 24.6 Å². The van der Waals surface area contributed by atoms with Crippen LogP contribution in [0.25, 0.3) is 0 Å². The molecule has 0 saturated heterocycles. The van der Waals surface area contributed by atoms with Gasteiger partial charge in [0, 0.05) is 5.02 Å². The molecule has 0 radical (unpaired) electrons. The van der Waals surface area contributed by atoms with Gasteiger partial charge in [-0.2, -0.15) is 0 Å². The molecular weight excluding hydrogens is 284 g/mol. The second kappa shape index (κ2) is 7.72. The zero-order valence-electron chi connectivity index (χ0n) is 11.3. The Hall–Kier alpha value is -1.79. The van der Waals surface area contributed by atoms with Crippen LogP contribution in [0.15, 0.2) is 18.2 Å². The summed E-state index contributed by atoms with van der Waals surface area (Å²) in [5.74, 6) is -1.28. The molecule has 3 N–H and O–H groups in total. The lowest BCUT2D eigenvalue weighted by Gasteiger charge is -2.14. The van der Waals surface area contributed by atoms with E-state index in [1.54, 1.807) is 19.1 Å². The molecule has 1 rings (SSSR count). The number of anilines is 1. The van der Waals surface area contributed by atoms with E-state index in [0.717, 1.165) is 0 Å². The molecule has 110 valence electrons. The highest BCUT2D eigenvalue weighted by molar-refractivity contribution is 6.40. The van der Waals surface area contributed by atoms with Crippen LogP contribution in [0.4, 0.5) is 5.69 Å². The minimum absolute atomic E-state index is 0.226. The highest BCUT2D eigenvalue weighted by atomic mass is 35.5.